The van der Waals surface area contributed by atoms with Crippen LogP contribution in [-0.4, -0.2) is 38.3 Å². The normalized spacial score (nSPS) is 21.9. The number of nitrogens with zero attached hydrogens (tertiary/aromatic N) is 1. The van der Waals surface area contributed by atoms with Gasteiger partial charge in [0.25, 0.3) is 0 Å². The molecule has 0 fully saturated rings. The molecular weight excluding hydrogens is 442 g/mol. The third-order valence-corrected chi connectivity index (χ3v) is 6.74. The summed E-state index contributed by atoms with van der Waals surface area (Å²) in [7, 11) is 3.15. The summed E-state index contributed by atoms with van der Waals surface area (Å²) in [6.07, 6.45) is 1.04. The molecular formula is C29H33NO5. The van der Waals surface area contributed by atoms with Crippen LogP contribution < -0.4 is 9.47 Å². The zero-order chi connectivity index (χ0) is 25.1. The highest BCUT2D eigenvalue weighted by Crippen LogP contribution is 2.48. The fourth-order valence-electron chi connectivity index (χ4n) is 5.07. The first-order valence-corrected chi connectivity index (χ1v) is 12.1. The third-order valence-electron chi connectivity index (χ3n) is 6.74. The van der Waals surface area contributed by atoms with Gasteiger partial charge in [0.15, 0.2) is 17.3 Å². The molecule has 0 N–H and O–H groups in total. The van der Waals surface area contributed by atoms with Crippen LogP contribution in [0.25, 0.3) is 0 Å². The van der Waals surface area contributed by atoms with E-state index < -0.39 is 11.8 Å². The number of benzene rings is 2. The second-order valence-electron chi connectivity index (χ2n) is 9.65. The first kappa shape index (κ1) is 24.7. The number of ether oxygens (including phenoxy) is 3. The van der Waals surface area contributed by atoms with Crippen LogP contribution in [0.5, 0.6) is 11.5 Å². The number of rotatable bonds is 7. The summed E-state index contributed by atoms with van der Waals surface area (Å²) in [4.78, 5) is 31.9. The van der Waals surface area contributed by atoms with E-state index in [2.05, 4.69) is 12.1 Å². The minimum atomic E-state index is -0.678. The summed E-state index contributed by atoms with van der Waals surface area (Å²) >= 11 is 0. The van der Waals surface area contributed by atoms with Gasteiger partial charge in [-0.25, -0.2) is 0 Å². The van der Waals surface area contributed by atoms with E-state index in [-0.39, 0.29) is 23.6 Å². The smallest absolute Gasteiger partial charge is 0.315 e. The zero-order valence-electron chi connectivity index (χ0n) is 21.0. The van der Waals surface area contributed by atoms with Crippen molar-refractivity contribution in [3.05, 3.63) is 70.9 Å². The fourth-order valence-corrected chi connectivity index (χ4v) is 5.07. The van der Waals surface area contributed by atoms with Crippen LogP contribution in [0.15, 0.2) is 64.8 Å². The lowest BCUT2D eigenvalue weighted by Gasteiger charge is -2.36. The largest absolute Gasteiger partial charge is 0.493 e. The average molecular weight is 476 g/mol. The molecule has 4 rings (SSSR count). The number of allylic oxidation sites excluding steroid dienone is 2. The van der Waals surface area contributed by atoms with Crippen molar-refractivity contribution >= 4 is 17.5 Å². The zero-order valence-corrected chi connectivity index (χ0v) is 21.0. The second kappa shape index (κ2) is 10.5. The van der Waals surface area contributed by atoms with Crippen LogP contribution in [-0.2, 0) is 14.3 Å². The molecule has 184 valence electrons. The molecule has 1 aliphatic carbocycles. The number of Topliss-reactive ketones (excluding diaryl/α,β-unsaturated/α-hetero) is 1. The van der Waals surface area contributed by atoms with E-state index in [1.807, 2.05) is 57.2 Å². The molecule has 35 heavy (non-hydrogen) atoms. The van der Waals surface area contributed by atoms with Crippen LogP contribution in [0.4, 0.5) is 0 Å². The van der Waals surface area contributed by atoms with Crippen molar-refractivity contribution in [2.75, 3.05) is 20.8 Å². The Hall–Kier alpha value is -3.41. The van der Waals surface area contributed by atoms with Gasteiger partial charge in [0.2, 0.25) is 0 Å². The Morgan fingerprint density at radius 3 is 2.37 bits per heavy atom. The number of hydrogen-bond donors (Lipinski definition) is 0. The maximum atomic E-state index is 13.7. The Bertz CT molecular complexity index is 1160. The first-order chi connectivity index (χ1) is 16.8. The highest BCUT2D eigenvalue weighted by molar-refractivity contribution is 6.09. The van der Waals surface area contributed by atoms with E-state index in [4.69, 9.17) is 19.2 Å². The summed E-state index contributed by atoms with van der Waals surface area (Å²) in [5.41, 5.74) is 3.98. The molecule has 0 saturated carbocycles. The Balaban J connectivity index is 1.80. The predicted octanol–water partition coefficient (Wildman–Crippen LogP) is 5.48. The number of aliphatic imine (C=N–C) groups is 1. The van der Waals surface area contributed by atoms with Gasteiger partial charge in [0.05, 0.1) is 20.8 Å². The van der Waals surface area contributed by atoms with E-state index >= 15 is 0 Å². The number of esters is 1. The van der Waals surface area contributed by atoms with Crippen LogP contribution >= 0.6 is 0 Å². The number of methoxy groups -OCH3 is 2. The molecule has 3 atom stereocenters. The molecule has 2 aliphatic rings. The molecule has 6 nitrogen and oxygen atoms in total. The Kier molecular flexibility index (Phi) is 7.39. The minimum Gasteiger partial charge on any atom is -0.493 e. The molecule has 0 bridgehead atoms. The number of hydrogen-bond acceptors (Lipinski definition) is 6. The monoisotopic (exact) mass is 475 g/mol. The Morgan fingerprint density at radius 2 is 1.71 bits per heavy atom. The highest BCUT2D eigenvalue weighted by atomic mass is 16.5. The summed E-state index contributed by atoms with van der Waals surface area (Å²) in [6, 6.07) is 15.6. The quantitative estimate of drug-likeness (QED) is 0.496. The molecule has 2 aromatic carbocycles. The molecule has 2 aromatic rings. The van der Waals surface area contributed by atoms with Gasteiger partial charge >= 0.3 is 5.97 Å². The van der Waals surface area contributed by atoms with Crippen LogP contribution in [0.2, 0.25) is 0 Å². The van der Waals surface area contributed by atoms with Crippen molar-refractivity contribution in [2.24, 2.45) is 16.8 Å². The lowest BCUT2D eigenvalue weighted by molar-refractivity contribution is -0.147. The fraction of sp³-hybridized carbons (Fsp3) is 0.414. The molecule has 0 radical (unpaired) electrons. The maximum Gasteiger partial charge on any atom is 0.315 e. The van der Waals surface area contributed by atoms with Gasteiger partial charge in [0.1, 0.15) is 5.92 Å². The van der Waals surface area contributed by atoms with Crippen molar-refractivity contribution in [1.82, 2.24) is 0 Å². The molecule has 0 spiro atoms. The second-order valence-corrected chi connectivity index (χ2v) is 9.65. The van der Waals surface area contributed by atoms with Gasteiger partial charge < -0.3 is 14.2 Å². The number of carbonyl (C=O) groups excluding carboxylic acids is 2. The van der Waals surface area contributed by atoms with Crippen LogP contribution in [0.1, 0.15) is 56.6 Å². The van der Waals surface area contributed by atoms with E-state index in [0.717, 1.165) is 16.8 Å². The maximum absolute atomic E-state index is 13.7. The first-order valence-electron chi connectivity index (χ1n) is 12.1. The van der Waals surface area contributed by atoms with Gasteiger partial charge in [-0.05, 0) is 48.4 Å². The summed E-state index contributed by atoms with van der Waals surface area (Å²) < 4.78 is 16.6. The molecule has 1 aliphatic heterocycles. The molecule has 0 amide bonds. The van der Waals surface area contributed by atoms with E-state index in [1.165, 1.54) is 0 Å². The lowest BCUT2D eigenvalue weighted by Crippen LogP contribution is -2.38. The van der Waals surface area contributed by atoms with Gasteiger partial charge in [-0.1, -0.05) is 50.2 Å². The van der Waals surface area contributed by atoms with Crippen molar-refractivity contribution in [1.29, 1.82) is 0 Å². The Morgan fingerprint density at radius 1 is 1.00 bits per heavy atom. The van der Waals surface area contributed by atoms with E-state index in [1.54, 1.807) is 14.2 Å². The van der Waals surface area contributed by atoms with Crippen molar-refractivity contribution in [3.8, 4) is 11.5 Å². The highest BCUT2D eigenvalue weighted by Gasteiger charge is 2.45. The summed E-state index contributed by atoms with van der Waals surface area (Å²) in [6.45, 7) is 6.17. The average Bonchev–Trinajstić information content (AvgIpc) is 2.86. The third kappa shape index (κ3) is 5.02. The minimum absolute atomic E-state index is 0.0257. The van der Waals surface area contributed by atoms with Crippen molar-refractivity contribution < 1.29 is 23.8 Å². The van der Waals surface area contributed by atoms with Gasteiger partial charge in [-0.3, -0.25) is 14.6 Å². The van der Waals surface area contributed by atoms with Gasteiger partial charge in [-0.15, -0.1) is 0 Å². The molecule has 6 heteroatoms. The topological polar surface area (TPSA) is 74.2 Å². The summed E-state index contributed by atoms with van der Waals surface area (Å²) in [5.74, 6) is -0.0978. The summed E-state index contributed by atoms with van der Waals surface area (Å²) in [5, 5.41) is 0. The number of carbonyl (C=O) groups is 2. The van der Waals surface area contributed by atoms with Crippen molar-refractivity contribution in [3.63, 3.8) is 0 Å². The van der Waals surface area contributed by atoms with Gasteiger partial charge in [0, 0.05) is 29.3 Å². The molecule has 0 saturated heterocycles. The predicted molar refractivity (Wildman–Crippen MR) is 135 cm³/mol. The number of ketones is 1. The Labute approximate surface area is 207 Å². The van der Waals surface area contributed by atoms with Crippen LogP contribution in [0, 0.1) is 11.8 Å². The van der Waals surface area contributed by atoms with E-state index in [0.29, 0.717) is 42.2 Å². The van der Waals surface area contributed by atoms with Crippen LogP contribution in [0.3, 0.4) is 0 Å². The van der Waals surface area contributed by atoms with E-state index in [9.17, 15) is 9.59 Å². The lowest BCUT2D eigenvalue weighted by atomic mass is 9.69. The molecule has 0 aromatic heterocycles. The van der Waals surface area contributed by atoms with Crippen molar-refractivity contribution in [2.45, 2.75) is 45.4 Å². The SMILES string of the molecule is COc1ccc(C2C3=C(CC(c4ccccc4)CC3=O)N=C(C)C2C(=O)OCC(C)C)cc1OC. The molecule has 1 heterocycles. The van der Waals surface area contributed by atoms with Gasteiger partial charge in [-0.2, -0.15) is 0 Å². The standard InChI is InChI=1S/C29H33NO5/c1-17(2)16-35-29(32)26-18(3)30-22-13-21(19-9-7-6-8-10-19)14-23(31)28(22)27(26)20-11-12-24(33-4)25(15-20)34-5/h6-12,15,17,21,26-27H,13-14,16H2,1-5H3. The molecule has 3 unspecified atom stereocenters.